The van der Waals surface area contributed by atoms with Crippen LogP contribution in [0.5, 0.6) is 0 Å². The van der Waals surface area contributed by atoms with E-state index in [-0.39, 0.29) is 57.7 Å². The van der Waals surface area contributed by atoms with Gasteiger partial charge in [-0.3, -0.25) is 9.69 Å². The van der Waals surface area contributed by atoms with Gasteiger partial charge in [0.05, 0.1) is 22.6 Å². The third-order valence-corrected chi connectivity index (χ3v) is 8.69. The number of ether oxygens (including phenoxy) is 1. The van der Waals surface area contributed by atoms with Crippen molar-refractivity contribution in [1.29, 1.82) is 0 Å². The molecule has 0 saturated carbocycles. The number of halogens is 7. The molecule has 0 aliphatic carbocycles. The molecule has 2 aromatic rings. The van der Waals surface area contributed by atoms with Gasteiger partial charge in [0, 0.05) is 65.6 Å². The summed E-state index contributed by atoms with van der Waals surface area (Å²) in [5, 5.41) is 9.50. The number of rotatable bonds is 6. The quantitative estimate of drug-likeness (QED) is 0.398. The smallest absolute Gasteiger partial charge is 0.416 e. The van der Waals surface area contributed by atoms with Crippen LogP contribution in [0.25, 0.3) is 0 Å². The lowest BCUT2D eigenvalue weighted by atomic mass is 9.78. The van der Waals surface area contributed by atoms with Gasteiger partial charge >= 0.3 is 24.5 Å². The highest BCUT2D eigenvalue weighted by Gasteiger charge is 2.49. The summed E-state index contributed by atoms with van der Waals surface area (Å²) < 4.78 is 100. The van der Waals surface area contributed by atoms with Crippen molar-refractivity contribution in [2.75, 3.05) is 58.9 Å². The summed E-state index contributed by atoms with van der Waals surface area (Å²) in [5.74, 6) is -1.56. The van der Waals surface area contributed by atoms with Gasteiger partial charge in [-0.05, 0) is 48.7 Å². The van der Waals surface area contributed by atoms with E-state index >= 15 is 0 Å². The van der Waals surface area contributed by atoms with Crippen LogP contribution in [0.2, 0.25) is 0 Å². The number of anilines is 1. The second-order valence-electron chi connectivity index (χ2n) is 11.7. The van der Waals surface area contributed by atoms with E-state index in [1.807, 2.05) is 0 Å². The van der Waals surface area contributed by atoms with Crippen LogP contribution in [-0.2, 0) is 21.9 Å². The standard InChI is InChI=1S/C30H33F7N4O5/c1-38(27(44)45)17-28(8-10-46-11-9-28)25(42)41-15-23(18-4-6-21(31)7-5-18)24(16-41)40(3)26(43)39(2)22-13-19(29(32,33)34)12-20(14-22)30(35,36)37/h4-7,12-14,23-24H,8-11,15-17H2,1-3H3,(H,44,45)/t23-,24+/m0/s1. The molecule has 9 nitrogen and oxygen atoms in total. The summed E-state index contributed by atoms with van der Waals surface area (Å²) in [6, 6.07) is 4.36. The van der Waals surface area contributed by atoms with Crippen molar-refractivity contribution in [3.8, 4) is 0 Å². The Hall–Kier alpha value is -4.08. The maximum Gasteiger partial charge on any atom is 0.416 e. The summed E-state index contributed by atoms with van der Waals surface area (Å²) in [7, 11) is 3.69. The second-order valence-corrected chi connectivity index (χ2v) is 11.7. The molecule has 46 heavy (non-hydrogen) atoms. The van der Waals surface area contributed by atoms with Gasteiger partial charge < -0.3 is 24.5 Å². The second kappa shape index (κ2) is 13.0. The molecule has 2 aliphatic heterocycles. The van der Waals surface area contributed by atoms with E-state index < -0.39 is 64.5 Å². The zero-order chi connectivity index (χ0) is 34.2. The van der Waals surface area contributed by atoms with Gasteiger partial charge in [0.2, 0.25) is 5.91 Å². The van der Waals surface area contributed by atoms with E-state index in [1.54, 1.807) is 0 Å². The van der Waals surface area contributed by atoms with Crippen molar-refractivity contribution in [2.24, 2.45) is 5.41 Å². The van der Waals surface area contributed by atoms with Crippen LogP contribution in [0.3, 0.4) is 0 Å². The van der Waals surface area contributed by atoms with Crippen LogP contribution in [0.4, 0.5) is 46.0 Å². The number of hydrogen-bond acceptors (Lipinski definition) is 4. The van der Waals surface area contributed by atoms with Crippen LogP contribution in [0.1, 0.15) is 35.4 Å². The molecule has 2 heterocycles. The van der Waals surface area contributed by atoms with Gasteiger partial charge in [-0.15, -0.1) is 0 Å². The largest absolute Gasteiger partial charge is 0.465 e. The molecule has 2 atom stereocenters. The molecule has 4 amide bonds. The maximum absolute atomic E-state index is 14.1. The van der Waals surface area contributed by atoms with Gasteiger partial charge in [-0.2, -0.15) is 26.3 Å². The van der Waals surface area contributed by atoms with Gasteiger partial charge in [-0.1, -0.05) is 12.1 Å². The first kappa shape index (κ1) is 34.8. The summed E-state index contributed by atoms with van der Waals surface area (Å²) in [6.45, 7) is 0.224. The number of urea groups is 1. The Balaban J connectivity index is 1.68. The predicted molar refractivity (Wildman–Crippen MR) is 151 cm³/mol. The molecule has 0 aromatic heterocycles. The molecule has 2 fully saturated rings. The molecule has 0 spiro atoms. The molecular formula is C30H33F7N4O5. The molecule has 252 valence electrons. The van der Waals surface area contributed by atoms with E-state index in [1.165, 1.54) is 43.3 Å². The van der Waals surface area contributed by atoms with Crippen LogP contribution in [0, 0.1) is 11.2 Å². The number of likely N-dealkylation sites (N-methyl/N-ethyl adjacent to an activating group) is 1. The van der Waals surface area contributed by atoms with Gasteiger partial charge in [0.15, 0.2) is 0 Å². The van der Waals surface area contributed by atoms with Crippen LogP contribution in [-0.4, -0.2) is 97.9 Å². The first-order valence-electron chi connectivity index (χ1n) is 14.2. The van der Waals surface area contributed by atoms with E-state index in [9.17, 15) is 50.2 Å². The summed E-state index contributed by atoms with van der Waals surface area (Å²) in [4.78, 5) is 43.7. The lowest BCUT2D eigenvalue weighted by molar-refractivity contribution is -0.148. The minimum atomic E-state index is -5.12. The molecule has 4 rings (SSSR count). The topological polar surface area (TPSA) is 93.6 Å². The fraction of sp³-hybridized carbons (Fsp3) is 0.500. The normalized spacial score (nSPS) is 19.9. The van der Waals surface area contributed by atoms with E-state index in [0.717, 1.165) is 16.8 Å². The fourth-order valence-electron chi connectivity index (χ4n) is 6.06. The third-order valence-electron chi connectivity index (χ3n) is 8.69. The number of amides is 4. The van der Waals surface area contributed by atoms with Crippen molar-refractivity contribution in [1.82, 2.24) is 14.7 Å². The Kier molecular flexibility index (Phi) is 9.80. The van der Waals surface area contributed by atoms with Gasteiger partial charge in [-0.25, -0.2) is 14.0 Å². The molecule has 2 aliphatic rings. The third kappa shape index (κ3) is 7.32. The first-order chi connectivity index (χ1) is 21.3. The molecule has 1 N–H and O–H groups in total. The van der Waals surface area contributed by atoms with Crippen LogP contribution < -0.4 is 4.90 Å². The average molecular weight is 663 g/mol. The average Bonchev–Trinajstić information content (AvgIpc) is 3.44. The highest BCUT2D eigenvalue weighted by atomic mass is 19.4. The highest BCUT2D eigenvalue weighted by Crippen LogP contribution is 2.41. The number of carbonyl (C=O) groups is 3. The number of likely N-dealkylation sites (tertiary alicyclic amines) is 1. The zero-order valence-corrected chi connectivity index (χ0v) is 25.2. The van der Waals surface area contributed by atoms with Crippen LogP contribution in [0.15, 0.2) is 42.5 Å². The zero-order valence-electron chi connectivity index (χ0n) is 25.2. The van der Waals surface area contributed by atoms with Crippen molar-refractivity contribution in [3.63, 3.8) is 0 Å². The number of nitrogens with zero attached hydrogens (tertiary/aromatic N) is 4. The molecule has 0 bridgehead atoms. The molecule has 0 radical (unpaired) electrons. The van der Waals surface area contributed by atoms with E-state index in [0.29, 0.717) is 22.6 Å². The van der Waals surface area contributed by atoms with Gasteiger partial charge in [0.25, 0.3) is 0 Å². The van der Waals surface area contributed by atoms with Crippen molar-refractivity contribution < 1.29 is 55.0 Å². The number of benzene rings is 2. The molecule has 16 heteroatoms. The van der Waals surface area contributed by atoms with E-state index in [4.69, 9.17) is 4.74 Å². The lowest BCUT2D eigenvalue weighted by Gasteiger charge is -2.40. The van der Waals surface area contributed by atoms with Crippen molar-refractivity contribution >= 4 is 23.7 Å². The maximum atomic E-state index is 14.1. The molecular weight excluding hydrogens is 629 g/mol. The van der Waals surface area contributed by atoms with Crippen molar-refractivity contribution in [3.05, 3.63) is 65.0 Å². The SMILES string of the molecule is CN(CC1(C(=O)N2C[C@@H](N(C)C(=O)N(C)c3cc(C(F)(F)F)cc(C(F)(F)F)c3)[C@H](c3ccc(F)cc3)C2)CCOCC1)C(=O)O. The summed E-state index contributed by atoms with van der Waals surface area (Å²) >= 11 is 0. The number of carbonyl (C=O) groups excluding carboxylic acids is 2. The Bertz CT molecular complexity index is 1410. The summed E-state index contributed by atoms with van der Waals surface area (Å²) in [6.07, 6.45) is -11.0. The molecule has 0 unspecified atom stereocenters. The number of carboxylic acid groups (broad SMARTS) is 1. The monoisotopic (exact) mass is 662 g/mol. The van der Waals surface area contributed by atoms with Gasteiger partial charge in [0.1, 0.15) is 5.82 Å². The Labute approximate surface area is 260 Å². The fourth-order valence-corrected chi connectivity index (χ4v) is 6.06. The van der Waals surface area contributed by atoms with E-state index in [2.05, 4.69) is 0 Å². The predicted octanol–water partition coefficient (Wildman–Crippen LogP) is 5.75. The Morgan fingerprint density at radius 3 is 1.96 bits per heavy atom. The Morgan fingerprint density at radius 2 is 1.46 bits per heavy atom. The minimum Gasteiger partial charge on any atom is -0.465 e. The number of alkyl halides is 6. The number of hydrogen-bond donors (Lipinski definition) is 1. The lowest BCUT2D eigenvalue weighted by Crippen LogP contribution is -2.53. The van der Waals surface area contributed by atoms with Crippen LogP contribution >= 0.6 is 0 Å². The minimum absolute atomic E-state index is 0.0254. The highest BCUT2D eigenvalue weighted by molar-refractivity contribution is 5.92. The summed E-state index contributed by atoms with van der Waals surface area (Å²) in [5.41, 5.74) is -4.43. The first-order valence-corrected chi connectivity index (χ1v) is 14.2. The Morgan fingerprint density at radius 1 is 0.913 bits per heavy atom. The molecule has 2 saturated heterocycles. The van der Waals surface area contributed by atoms with Crippen molar-refractivity contribution in [2.45, 2.75) is 37.2 Å². The molecule has 2 aromatic carbocycles.